The number of hydrogen-bond acceptors (Lipinski definition) is 8. The fraction of sp³-hybridized carbons (Fsp3) is 0.111. The second-order valence-electron chi connectivity index (χ2n) is 5.88. The van der Waals surface area contributed by atoms with E-state index in [-0.39, 0.29) is 17.4 Å². The topological polar surface area (TPSA) is 125 Å². The average Bonchev–Trinajstić information content (AvgIpc) is 3.13. The molecular weight excluding hydrogens is 379 g/mol. The van der Waals surface area contributed by atoms with Gasteiger partial charge >= 0.3 is 6.01 Å². The first-order chi connectivity index (χ1) is 14.1. The maximum atomic E-state index is 13.3. The number of halogens is 1. The summed E-state index contributed by atoms with van der Waals surface area (Å²) in [5, 5.41) is 7.91. The quantitative estimate of drug-likeness (QED) is 0.525. The Kier molecular flexibility index (Phi) is 4.69. The van der Waals surface area contributed by atoms with Crippen LogP contribution in [0.15, 0.2) is 48.8 Å². The number of fused-ring (bicyclic) bond motifs is 1. The molecule has 0 saturated heterocycles. The Labute approximate surface area is 163 Å². The number of primary amides is 1. The second-order valence-corrected chi connectivity index (χ2v) is 5.88. The standard InChI is InChI=1S/C18H15FN8O2/c1-2-26(15-8-7-11(19)9-21-15)17-12(16(20)28)10-22-18(23-17)29-27-14-6-4-3-5-13(14)24-25-27/h3-10H,2H2,1H3,(H2,20,28). The average molecular weight is 394 g/mol. The van der Waals surface area contributed by atoms with Gasteiger partial charge in [0.15, 0.2) is 5.82 Å². The van der Waals surface area contributed by atoms with Crippen LogP contribution in [0.2, 0.25) is 0 Å². The molecule has 0 fully saturated rings. The van der Waals surface area contributed by atoms with Crippen molar-refractivity contribution in [1.29, 1.82) is 0 Å². The van der Waals surface area contributed by atoms with Crippen LogP contribution in [0.4, 0.5) is 16.0 Å². The van der Waals surface area contributed by atoms with Gasteiger partial charge in [-0.1, -0.05) is 17.0 Å². The molecule has 29 heavy (non-hydrogen) atoms. The summed E-state index contributed by atoms with van der Waals surface area (Å²) in [6, 6.07) is 9.84. The Morgan fingerprint density at radius 3 is 2.76 bits per heavy atom. The minimum atomic E-state index is -0.724. The largest absolute Gasteiger partial charge is 0.365 e. The summed E-state index contributed by atoms with van der Waals surface area (Å²) >= 11 is 0. The van der Waals surface area contributed by atoms with Gasteiger partial charge in [0.1, 0.15) is 28.2 Å². The molecule has 0 saturated carbocycles. The fourth-order valence-electron chi connectivity index (χ4n) is 2.72. The van der Waals surface area contributed by atoms with Crippen LogP contribution in [0.25, 0.3) is 11.0 Å². The number of anilines is 2. The van der Waals surface area contributed by atoms with Gasteiger partial charge in [-0.25, -0.2) is 14.4 Å². The van der Waals surface area contributed by atoms with E-state index in [0.29, 0.717) is 23.4 Å². The van der Waals surface area contributed by atoms with E-state index in [9.17, 15) is 9.18 Å². The molecule has 0 aliphatic heterocycles. The third-order valence-corrected chi connectivity index (χ3v) is 4.06. The van der Waals surface area contributed by atoms with Crippen molar-refractivity contribution in [2.75, 3.05) is 11.4 Å². The van der Waals surface area contributed by atoms with Crippen LogP contribution in [-0.2, 0) is 0 Å². The number of carbonyl (C=O) groups excluding carboxylic acids is 1. The lowest BCUT2D eigenvalue weighted by Crippen LogP contribution is -2.25. The molecule has 4 rings (SSSR count). The van der Waals surface area contributed by atoms with Gasteiger partial charge < -0.3 is 15.5 Å². The SMILES string of the molecule is CCN(c1ccc(F)cn1)c1nc(On2nnc3ccccc32)ncc1C(N)=O. The fourth-order valence-corrected chi connectivity index (χ4v) is 2.72. The Balaban J connectivity index is 1.75. The van der Waals surface area contributed by atoms with E-state index in [1.807, 2.05) is 19.1 Å². The van der Waals surface area contributed by atoms with Gasteiger partial charge in [-0.15, -0.1) is 5.10 Å². The highest BCUT2D eigenvalue weighted by Gasteiger charge is 2.21. The normalized spacial score (nSPS) is 10.8. The van der Waals surface area contributed by atoms with E-state index in [4.69, 9.17) is 10.6 Å². The minimum absolute atomic E-state index is 0.0637. The lowest BCUT2D eigenvalue weighted by molar-refractivity contribution is 0.0999. The monoisotopic (exact) mass is 394 g/mol. The molecule has 0 atom stereocenters. The highest BCUT2D eigenvalue weighted by molar-refractivity contribution is 5.98. The second kappa shape index (κ2) is 7.46. The first kappa shape index (κ1) is 18.2. The lowest BCUT2D eigenvalue weighted by atomic mass is 10.2. The first-order valence-electron chi connectivity index (χ1n) is 8.61. The van der Waals surface area contributed by atoms with Crippen molar-refractivity contribution in [3.05, 3.63) is 60.2 Å². The van der Waals surface area contributed by atoms with Crippen molar-refractivity contribution in [2.24, 2.45) is 5.73 Å². The highest BCUT2D eigenvalue weighted by atomic mass is 19.1. The molecule has 146 valence electrons. The zero-order valence-electron chi connectivity index (χ0n) is 15.2. The van der Waals surface area contributed by atoms with Gasteiger partial charge in [0.05, 0.1) is 6.20 Å². The molecule has 2 N–H and O–H groups in total. The van der Waals surface area contributed by atoms with Gasteiger partial charge in [-0.05, 0) is 36.4 Å². The number of amides is 1. The van der Waals surface area contributed by atoms with Gasteiger partial charge in [0.25, 0.3) is 5.91 Å². The zero-order chi connectivity index (χ0) is 20.4. The smallest absolute Gasteiger partial charge is 0.347 e. The molecular formula is C18H15FN8O2. The van der Waals surface area contributed by atoms with E-state index >= 15 is 0 Å². The summed E-state index contributed by atoms with van der Waals surface area (Å²) in [7, 11) is 0. The number of hydrogen-bond donors (Lipinski definition) is 1. The maximum absolute atomic E-state index is 13.3. The summed E-state index contributed by atoms with van der Waals surface area (Å²) in [6.07, 6.45) is 2.33. The van der Waals surface area contributed by atoms with Crippen molar-refractivity contribution in [1.82, 2.24) is 30.1 Å². The number of carbonyl (C=O) groups is 1. The summed E-state index contributed by atoms with van der Waals surface area (Å²) in [5.74, 6) is -0.649. The Morgan fingerprint density at radius 2 is 2.03 bits per heavy atom. The molecule has 0 aliphatic carbocycles. The van der Waals surface area contributed by atoms with Crippen LogP contribution in [0.3, 0.4) is 0 Å². The molecule has 0 radical (unpaired) electrons. The van der Waals surface area contributed by atoms with Gasteiger partial charge in [-0.2, -0.15) is 4.98 Å². The van der Waals surface area contributed by atoms with Crippen molar-refractivity contribution < 1.29 is 14.0 Å². The molecule has 3 heterocycles. The molecule has 0 spiro atoms. The molecule has 10 nitrogen and oxygen atoms in total. The number of rotatable bonds is 6. The van der Waals surface area contributed by atoms with Crippen LogP contribution >= 0.6 is 0 Å². The third kappa shape index (κ3) is 3.52. The van der Waals surface area contributed by atoms with E-state index in [1.54, 1.807) is 17.0 Å². The van der Waals surface area contributed by atoms with Gasteiger partial charge in [0.2, 0.25) is 0 Å². The maximum Gasteiger partial charge on any atom is 0.347 e. The first-order valence-corrected chi connectivity index (χ1v) is 8.61. The summed E-state index contributed by atoms with van der Waals surface area (Å²) < 4.78 is 13.3. The van der Waals surface area contributed by atoms with Gasteiger partial charge in [0, 0.05) is 12.7 Å². The lowest BCUT2D eigenvalue weighted by Gasteiger charge is -2.22. The predicted molar refractivity (Wildman–Crippen MR) is 101 cm³/mol. The van der Waals surface area contributed by atoms with Crippen LogP contribution in [0.5, 0.6) is 6.01 Å². The summed E-state index contributed by atoms with van der Waals surface area (Å²) in [4.78, 5) is 32.7. The Bertz CT molecular complexity index is 1180. The van der Waals surface area contributed by atoms with Crippen molar-refractivity contribution in [3.8, 4) is 6.01 Å². The third-order valence-electron chi connectivity index (χ3n) is 4.06. The number of nitrogens with zero attached hydrogens (tertiary/aromatic N) is 7. The number of pyridine rings is 1. The highest BCUT2D eigenvalue weighted by Crippen LogP contribution is 2.26. The predicted octanol–water partition coefficient (Wildman–Crippen LogP) is 1.85. The molecule has 1 amide bonds. The molecule has 1 aromatic carbocycles. The Hall–Kier alpha value is -4.15. The van der Waals surface area contributed by atoms with Crippen molar-refractivity contribution in [3.63, 3.8) is 0 Å². The number of para-hydroxylation sites is 1. The number of aromatic nitrogens is 6. The molecule has 11 heteroatoms. The van der Waals surface area contributed by atoms with Gasteiger partial charge in [-0.3, -0.25) is 4.79 Å². The van der Waals surface area contributed by atoms with E-state index in [2.05, 4.69) is 25.3 Å². The number of benzene rings is 1. The molecule has 4 aromatic rings. The van der Waals surface area contributed by atoms with Crippen LogP contribution in [0, 0.1) is 5.82 Å². The molecule has 0 aliphatic rings. The van der Waals surface area contributed by atoms with Crippen LogP contribution < -0.4 is 15.5 Å². The van der Waals surface area contributed by atoms with E-state index in [0.717, 1.165) is 6.20 Å². The summed E-state index contributed by atoms with van der Waals surface area (Å²) in [5.41, 5.74) is 6.79. The molecule has 0 bridgehead atoms. The number of nitrogens with two attached hydrogens (primary N) is 1. The van der Waals surface area contributed by atoms with E-state index < -0.39 is 11.7 Å². The van der Waals surface area contributed by atoms with Crippen LogP contribution in [-0.4, -0.2) is 42.6 Å². The zero-order valence-corrected chi connectivity index (χ0v) is 15.2. The van der Waals surface area contributed by atoms with Crippen molar-refractivity contribution >= 4 is 28.6 Å². The summed E-state index contributed by atoms with van der Waals surface area (Å²) in [6.45, 7) is 2.20. The molecule has 3 aromatic heterocycles. The van der Waals surface area contributed by atoms with Crippen molar-refractivity contribution in [2.45, 2.75) is 6.92 Å². The Morgan fingerprint density at radius 1 is 1.21 bits per heavy atom. The van der Waals surface area contributed by atoms with E-state index in [1.165, 1.54) is 23.2 Å². The van der Waals surface area contributed by atoms with Crippen LogP contribution in [0.1, 0.15) is 17.3 Å². The minimum Gasteiger partial charge on any atom is -0.365 e. The molecule has 0 unspecified atom stereocenters.